The molecule has 7 heteroatoms. The quantitative estimate of drug-likeness (QED) is 0.903. The number of ether oxygens (including phenoxy) is 2. The summed E-state index contributed by atoms with van der Waals surface area (Å²) < 4.78 is 10.4. The lowest BCUT2D eigenvalue weighted by atomic mass is 10.1. The van der Waals surface area contributed by atoms with E-state index < -0.39 is 0 Å². The molecule has 0 aliphatic carbocycles. The van der Waals surface area contributed by atoms with E-state index in [0.717, 1.165) is 5.56 Å². The minimum atomic E-state index is -0.264. The number of carbonyl (C=O) groups is 1. The van der Waals surface area contributed by atoms with Crippen LogP contribution in [0.25, 0.3) is 0 Å². The summed E-state index contributed by atoms with van der Waals surface area (Å²) in [6, 6.07) is 6.77. The first-order chi connectivity index (χ1) is 10.5. The van der Waals surface area contributed by atoms with Gasteiger partial charge in [-0.2, -0.15) is 0 Å². The highest BCUT2D eigenvalue weighted by Crippen LogP contribution is 2.26. The maximum atomic E-state index is 12.1. The molecule has 0 spiro atoms. The Bertz CT molecular complexity index is 692. The Morgan fingerprint density at radius 3 is 2.64 bits per heavy atom. The Kier molecular flexibility index (Phi) is 5.46. The first-order valence-corrected chi connectivity index (χ1v) is 7.11. The van der Waals surface area contributed by atoms with Crippen molar-refractivity contribution in [3.8, 4) is 11.5 Å². The third kappa shape index (κ3) is 4.02. The monoisotopic (exact) mass is 340 g/mol. The van der Waals surface area contributed by atoms with Gasteiger partial charge in [0, 0.05) is 17.8 Å². The van der Waals surface area contributed by atoms with E-state index in [0.29, 0.717) is 16.5 Å². The fraction of sp³-hybridized carbons (Fsp3) is 0.200. The fourth-order valence-corrected chi connectivity index (χ4v) is 2.28. The van der Waals surface area contributed by atoms with Gasteiger partial charge in [-0.25, -0.2) is 4.98 Å². The molecule has 2 aromatic rings. The lowest BCUT2D eigenvalue weighted by molar-refractivity contribution is -0.115. The van der Waals surface area contributed by atoms with Gasteiger partial charge in [0.1, 0.15) is 11.5 Å². The van der Waals surface area contributed by atoms with Gasteiger partial charge in [-0.15, -0.1) is 0 Å². The number of nitrogens with one attached hydrogen (secondary N) is 1. The van der Waals surface area contributed by atoms with Crippen molar-refractivity contribution in [3.05, 3.63) is 46.1 Å². The molecule has 0 saturated heterocycles. The van der Waals surface area contributed by atoms with Crippen LogP contribution in [0.1, 0.15) is 5.56 Å². The van der Waals surface area contributed by atoms with Crippen molar-refractivity contribution < 1.29 is 14.3 Å². The molecule has 0 saturated carbocycles. The predicted octanol–water partition coefficient (Wildman–Crippen LogP) is 3.59. The minimum Gasteiger partial charge on any atom is -0.497 e. The SMILES string of the molecule is COc1ccc(CC(=O)Nc2ncc(Cl)cc2Cl)c(OC)c1. The second-order valence-electron chi connectivity index (χ2n) is 4.39. The van der Waals surface area contributed by atoms with Gasteiger partial charge in [0.25, 0.3) is 0 Å². The molecule has 0 atom stereocenters. The van der Waals surface area contributed by atoms with Gasteiger partial charge in [-0.1, -0.05) is 29.3 Å². The van der Waals surface area contributed by atoms with E-state index in [-0.39, 0.29) is 23.2 Å². The summed E-state index contributed by atoms with van der Waals surface area (Å²) in [6.07, 6.45) is 1.53. The molecule has 1 heterocycles. The molecule has 1 aromatic carbocycles. The minimum absolute atomic E-state index is 0.119. The van der Waals surface area contributed by atoms with Crippen molar-refractivity contribution in [3.63, 3.8) is 0 Å². The van der Waals surface area contributed by atoms with Crippen LogP contribution in [0.4, 0.5) is 5.82 Å². The van der Waals surface area contributed by atoms with E-state index in [2.05, 4.69) is 10.3 Å². The molecule has 0 radical (unpaired) electrons. The van der Waals surface area contributed by atoms with E-state index in [4.69, 9.17) is 32.7 Å². The number of aromatic nitrogens is 1. The van der Waals surface area contributed by atoms with Crippen molar-refractivity contribution in [2.24, 2.45) is 0 Å². The van der Waals surface area contributed by atoms with Crippen molar-refractivity contribution in [2.75, 3.05) is 19.5 Å². The summed E-state index contributed by atoms with van der Waals surface area (Å²) in [4.78, 5) is 16.1. The summed E-state index contributed by atoms with van der Waals surface area (Å²) in [5, 5.41) is 3.32. The number of hydrogen-bond acceptors (Lipinski definition) is 4. The molecular weight excluding hydrogens is 327 g/mol. The second-order valence-corrected chi connectivity index (χ2v) is 5.23. The van der Waals surface area contributed by atoms with Crippen molar-refractivity contribution in [1.82, 2.24) is 4.98 Å². The maximum absolute atomic E-state index is 12.1. The third-order valence-electron chi connectivity index (χ3n) is 2.91. The van der Waals surface area contributed by atoms with E-state index in [1.54, 1.807) is 25.3 Å². The summed E-state index contributed by atoms with van der Waals surface area (Å²) in [5.74, 6) is 1.23. The van der Waals surface area contributed by atoms with Crippen LogP contribution in [0.15, 0.2) is 30.5 Å². The number of nitrogens with zero attached hydrogens (tertiary/aromatic N) is 1. The maximum Gasteiger partial charge on any atom is 0.230 e. The third-order valence-corrected chi connectivity index (χ3v) is 3.41. The molecule has 5 nitrogen and oxygen atoms in total. The standard InChI is InChI=1S/C15H14Cl2N2O3/c1-21-11-4-3-9(13(7-11)22-2)5-14(20)19-15-12(17)6-10(16)8-18-15/h3-4,6-8H,5H2,1-2H3,(H,18,19,20). The van der Waals surface area contributed by atoms with E-state index >= 15 is 0 Å². The Balaban J connectivity index is 2.12. The van der Waals surface area contributed by atoms with Gasteiger partial charge < -0.3 is 14.8 Å². The van der Waals surface area contributed by atoms with Crippen LogP contribution in [-0.2, 0) is 11.2 Å². The van der Waals surface area contributed by atoms with Crippen LogP contribution < -0.4 is 14.8 Å². The van der Waals surface area contributed by atoms with Crippen LogP contribution in [0.3, 0.4) is 0 Å². The average molecular weight is 341 g/mol. The highest BCUT2D eigenvalue weighted by atomic mass is 35.5. The molecule has 0 bridgehead atoms. The zero-order chi connectivity index (χ0) is 16.1. The van der Waals surface area contributed by atoms with Gasteiger partial charge in [-0.05, 0) is 12.1 Å². The van der Waals surface area contributed by atoms with E-state index in [1.807, 2.05) is 0 Å². The molecule has 22 heavy (non-hydrogen) atoms. The molecule has 2 rings (SSSR count). The van der Waals surface area contributed by atoms with Crippen molar-refractivity contribution in [1.29, 1.82) is 0 Å². The van der Waals surface area contributed by atoms with E-state index in [1.165, 1.54) is 19.4 Å². The lowest BCUT2D eigenvalue weighted by Crippen LogP contribution is -2.16. The molecule has 1 aromatic heterocycles. The number of pyridine rings is 1. The number of anilines is 1. The van der Waals surface area contributed by atoms with Crippen LogP contribution in [0.5, 0.6) is 11.5 Å². The van der Waals surface area contributed by atoms with Gasteiger partial charge in [0.05, 0.1) is 30.7 Å². The number of methoxy groups -OCH3 is 2. The predicted molar refractivity (Wildman–Crippen MR) is 86.1 cm³/mol. The first kappa shape index (κ1) is 16.4. The number of amides is 1. The van der Waals surface area contributed by atoms with Gasteiger partial charge in [0.2, 0.25) is 5.91 Å². The van der Waals surface area contributed by atoms with Gasteiger partial charge >= 0.3 is 0 Å². The molecule has 0 aliphatic rings. The number of hydrogen-bond donors (Lipinski definition) is 1. The smallest absolute Gasteiger partial charge is 0.230 e. The molecule has 116 valence electrons. The van der Waals surface area contributed by atoms with Crippen LogP contribution >= 0.6 is 23.2 Å². The largest absolute Gasteiger partial charge is 0.497 e. The van der Waals surface area contributed by atoms with E-state index in [9.17, 15) is 4.79 Å². The van der Waals surface area contributed by atoms with Gasteiger partial charge in [-0.3, -0.25) is 4.79 Å². The second kappa shape index (κ2) is 7.33. The molecule has 1 amide bonds. The Morgan fingerprint density at radius 1 is 1.23 bits per heavy atom. The number of benzene rings is 1. The van der Waals surface area contributed by atoms with Crippen LogP contribution in [0.2, 0.25) is 10.0 Å². The Labute approximate surface area is 138 Å². The van der Waals surface area contributed by atoms with Crippen LogP contribution in [0, 0.1) is 0 Å². The fourth-order valence-electron chi connectivity index (χ4n) is 1.85. The lowest BCUT2D eigenvalue weighted by Gasteiger charge is -2.11. The zero-order valence-corrected chi connectivity index (χ0v) is 13.5. The normalized spacial score (nSPS) is 10.2. The molecule has 0 unspecified atom stereocenters. The topological polar surface area (TPSA) is 60.5 Å². The summed E-state index contributed by atoms with van der Waals surface area (Å²) in [5.41, 5.74) is 0.728. The zero-order valence-electron chi connectivity index (χ0n) is 12.0. The van der Waals surface area contributed by atoms with Crippen LogP contribution in [-0.4, -0.2) is 25.1 Å². The Hall–Kier alpha value is -1.98. The molecular formula is C15H14Cl2N2O3. The summed E-state index contributed by atoms with van der Waals surface area (Å²) in [6.45, 7) is 0. The number of rotatable bonds is 5. The highest BCUT2D eigenvalue weighted by molar-refractivity contribution is 6.36. The molecule has 0 aliphatic heterocycles. The Morgan fingerprint density at radius 2 is 2.00 bits per heavy atom. The summed E-state index contributed by atoms with van der Waals surface area (Å²) in [7, 11) is 3.10. The summed E-state index contributed by atoms with van der Waals surface area (Å²) >= 11 is 11.7. The first-order valence-electron chi connectivity index (χ1n) is 6.35. The highest BCUT2D eigenvalue weighted by Gasteiger charge is 2.12. The number of halogens is 2. The average Bonchev–Trinajstić information content (AvgIpc) is 2.50. The number of carbonyl (C=O) groups excluding carboxylic acids is 1. The van der Waals surface area contributed by atoms with Gasteiger partial charge in [0.15, 0.2) is 5.82 Å². The van der Waals surface area contributed by atoms with Crippen molar-refractivity contribution in [2.45, 2.75) is 6.42 Å². The molecule has 1 N–H and O–H groups in total. The van der Waals surface area contributed by atoms with Crippen molar-refractivity contribution >= 4 is 34.9 Å². The molecule has 0 fully saturated rings.